The number of benzene rings is 1. The summed E-state index contributed by atoms with van der Waals surface area (Å²) in [5, 5.41) is 2.50. The first kappa shape index (κ1) is 10.6. The van der Waals surface area contributed by atoms with E-state index < -0.39 is 0 Å². The van der Waals surface area contributed by atoms with Crippen molar-refractivity contribution in [2.24, 2.45) is 0 Å². The van der Waals surface area contributed by atoms with E-state index in [0.29, 0.717) is 5.69 Å². The fourth-order valence-corrected chi connectivity index (χ4v) is 0.909. The third kappa shape index (κ3) is 3.51. The van der Waals surface area contributed by atoms with Crippen LogP contribution in [0.5, 0.6) is 0 Å². The van der Waals surface area contributed by atoms with Gasteiger partial charge in [-0.15, -0.1) is 0 Å². The van der Waals surface area contributed by atoms with Crippen LogP contribution in [-0.2, 0) is 9.63 Å². The molecule has 4 nitrogen and oxygen atoms in total. The van der Waals surface area contributed by atoms with Crippen LogP contribution in [0.2, 0.25) is 0 Å². The van der Waals surface area contributed by atoms with Crippen LogP contribution in [0.4, 0.5) is 10.1 Å². The number of hydrogen-bond acceptors (Lipinski definition) is 3. The molecule has 0 aromatic heterocycles. The zero-order valence-corrected chi connectivity index (χ0v) is 7.71. The maximum Gasteiger partial charge on any atom is 0.240 e. The highest BCUT2D eigenvalue weighted by molar-refractivity contribution is 5.92. The average Bonchev–Trinajstić information content (AvgIpc) is 2.15. The topological polar surface area (TPSA) is 50.4 Å². The molecule has 0 spiro atoms. The molecule has 14 heavy (non-hydrogen) atoms. The van der Waals surface area contributed by atoms with Crippen molar-refractivity contribution in [2.45, 2.75) is 0 Å². The summed E-state index contributed by atoms with van der Waals surface area (Å²) >= 11 is 0. The first-order chi connectivity index (χ1) is 6.72. The van der Waals surface area contributed by atoms with Gasteiger partial charge in [-0.3, -0.25) is 4.79 Å². The second-order valence-corrected chi connectivity index (χ2v) is 2.58. The van der Waals surface area contributed by atoms with Crippen LogP contribution in [-0.4, -0.2) is 19.6 Å². The summed E-state index contributed by atoms with van der Waals surface area (Å²) < 4.78 is 12.7. The Morgan fingerprint density at radius 2 is 2.36 bits per heavy atom. The zero-order chi connectivity index (χ0) is 10.4. The first-order valence-electron chi connectivity index (χ1n) is 4.03. The molecule has 1 aromatic carbocycles. The molecule has 5 heteroatoms. The number of hydrogen-bond donors (Lipinski definition) is 2. The van der Waals surface area contributed by atoms with Crippen LogP contribution in [0.25, 0.3) is 0 Å². The minimum atomic E-state index is -0.387. The molecule has 1 amide bonds. The average molecular weight is 198 g/mol. The van der Waals surface area contributed by atoms with Crippen molar-refractivity contribution in [3.05, 3.63) is 30.1 Å². The monoisotopic (exact) mass is 198 g/mol. The molecule has 0 radical (unpaired) electrons. The standard InChI is InChI=1S/C9H11FN2O2/c1-14-11-6-9(13)12-8-4-2-3-7(10)5-8/h2-5,11H,6H2,1H3,(H,12,13). The molecule has 0 aliphatic carbocycles. The normalized spacial score (nSPS) is 9.86. The second-order valence-electron chi connectivity index (χ2n) is 2.58. The van der Waals surface area contributed by atoms with E-state index in [1.54, 1.807) is 6.07 Å². The largest absolute Gasteiger partial charge is 0.325 e. The molecule has 0 fully saturated rings. The van der Waals surface area contributed by atoms with Crippen LogP contribution in [0.1, 0.15) is 0 Å². The number of halogens is 1. The number of hydroxylamine groups is 1. The van der Waals surface area contributed by atoms with E-state index in [4.69, 9.17) is 0 Å². The van der Waals surface area contributed by atoms with Gasteiger partial charge in [0.1, 0.15) is 12.4 Å². The van der Waals surface area contributed by atoms with Gasteiger partial charge in [-0.25, -0.2) is 4.39 Å². The SMILES string of the molecule is CONCC(=O)Nc1cccc(F)c1. The highest BCUT2D eigenvalue weighted by Gasteiger charge is 2.01. The molecule has 0 saturated heterocycles. The minimum Gasteiger partial charge on any atom is -0.325 e. The zero-order valence-electron chi connectivity index (χ0n) is 7.71. The van der Waals surface area contributed by atoms with E-state index in [-0.39, 0.29) is 18.3 Å². The first-order valence-corrected chi connectivity index (χ1v) is 4.03. The van der Waals surface area contributed by atoms with Crippen molar-refractivity contribution in [1.29, 1.82) is 0 Å². The Balaban J connectivity index is 2.47. The second kappa shape index (κ2) is 5.31. The van der Waals surface area contributed by atoms with E-state index in [0.717, 1.165) is 0 Å². The molecule has 76 valence electrons. The van der Waals surface area contributed by atoms with E-state index in [1.165, 1.54) is 25.3 Å². The lowest BCUT2D eigenvalue weighted by atomic mass is 10.3. The summed E-state index contributed by atoms with van der Waals surface area (Å²) in [6.07, 6.45) is 0. The Hall–Kier alpha value is -1.46. The molecule has 1 aromatic rings. The molecule has 0 saturated carbocycles. The van der Waals surface area contributed by atoms with Gasteiger partial charge in [0.2, 0.25) is 5.91 Å². The van der Waals surface area contributed by atoms with Crippen LogP contribution >= 0.6 is 0 Å². The summed E-state index contributed by atoms with van der Waals surface area (Å²) in [6.45, 7) is 0.0208. The Morgan fingerprint density at radius 1 is 1.57 bits per heavy atom. The third-order valence-corrected chi connectivity index (χ3v) is 1.49. The predicted molar refractivity (Wildman–Crippen MR) is 50.0 cm³/mol. The van der Waals surface area contributed by atoms with E-state index >= 15 is 0 Å². The van der Waals surface area contributed by atoms with Gasteiger partial charge >= 0.3 is 0 Å². The van der Waals surface area contributed by atoms with Crippen LogP contribution < -0.4 is 10.8 Å². The van der Waals surface area contributed by atoms with Gasteiger partial charge in [0.25, 0.3) is 0 Å². The number of anilines is 1. The third-order valence-electron chi connectivity index (χ3n) is 1.49. The summed E-state index contributed by atoms with van der Waals surface area (Å²) in [6, 6.07) is 5.68. The van der Waals surface area contributed by atoms with Crippen molar-refractivity contribution in [1.82, 2.24) is 5.48 Å². The van der Waals surface area contributed by atoms with Gasteiger partial charge in [-0.1, -0.05) is 6.07 Å². The van der Waals surface area contributed by atoms with Crippen LogP contribution in [0.3, 0.4) is 0 Å². The Bertz CT molecular complexity index is 317. The van der Waals surface area contributed by atoms with E-state index in [1.807, 2.05) is 0 Å². The van der Waals surface area contributed by atoms with Crippen molar-refractivity contribution < 1.29 is 14.0 Å². The number of nitrogens with one attached hydrogen (secondary N) is 2. The Morgan fingerprint density at radius 3 is 3.00 bits per heavy atom. The lowest BCUT2D eigenvalue weighted by molar-refractivity contribution is -0.117. The Kier molecular flexibility index (Phi) is 4.03. The maximum atomic E-state index is 12.7. The molecule has 2 N–H and O–H groups in total. The van der Waals surface area contributed by atoms with Crippen molar-refractivity contribution in [2.75, 3.05) is 19.0 Å². The fourth-order valence-electron chi connectivity index (χ4n) is 0.909. The quantitative estimate of drug-likeness (QED) is 0.707. The van der Waals surface area contributed by atoms with Gasteiger partial charge in [0.05, 0.1) is 7.11 Å². The summed E-state index contributed by atoms with van der Waals surface area (Å²) in [5.74, 6) is -0.681. The number of rotatable bonds is 4. The minimum absolute atomic E-state index is 0.0208. The lowest BCUT2D eigenvalue weighted by Gasteiger charge is -2.04. The van der Waals surface area contributed by atoms with Crippen molar-refractivity contribution in [3.8, 4) is 0 Å². The van der Waals surface area contributed by atoms with Crippen LogP contribution in [0, 0.1) is 5.82 Å². The lowest BCUT2D eigenvalue weighted by Crippen LogP contribution is -2.27. The number of carbonyl (C=O) groups excluding carboxylic acids is 1. The van der Waals surface area contributed by atoms with Gasteiger partial charge in [-0.2, -0.15) is 5.48 Å². The predicted octanol–water partition coefficient (Wildman–Crippen LogP) is 0.915. The summed E-state index contributed by atoms with van der Waals surface area (Å²) in [7, 11) is 1.41. The fraction of sp³-hybridized carbons (Fsp3) is 0.222. The molecule has 1 rings (SSSR count). The maximum absolute atomic E-state index is 12.7. The smallest absolute Gasteiger partial charge is 0.240 e. The van der Waals surface area contributed by atoms with Crippen molar-refractivity contribution >= 4 is 11.6 Å². The molecular formula is C9H11FN2O2. The molecule has 0 atom stereocenters. The molecule has 0 aliphatic rings. The van der Waals surface area contributed by atoms with Crippen molar-refractivity contribution in [3.63, 3.8) is 0 Å². The number of amides is 1. The van der Waals surface area contributed by atoms with Gasteiger partial charge < -0.3 is 10.2 Å². The summed E-state index contributed by atoms with van der Waals surface area (Å²) in [5.41, 5.74) is 2.80. The number of carbonyl (C=O) groups is 1. The van der Waals surface area contributed by atoms with E-state index in [9.17, 15) is 9.18 Å². The summed E-state index contributed by atoms with van der Waals surface area (Å²) in [4.78, 5) is 15.6. The highest BCUT2D eigenvalue weighted by atomic mass is 19.1. The molecule has 0 bridgehead atoms. The van der Waals surface area contributed by atoms with E-state index in [2.05, 4.69) is 15.6 Å². The van der Waals surface area contributed by atoms with Gasteiger partial charge in [0, 0.05) is 5.69 Å². The highest BCUT2D eigenvalue weighted by Crippen LogP contribution is 2.08. The van der Waals surface area contributed by atoms with Gasteiger partial charge in [0.15, 0.2) is 0 Å². The van der Waals surface area contributed by atoms with Gasteiger partial charge in [-0.05, 0) is 18.2 Å². The van der Waals surface area contributed by atoms with Crippen LogP contribution in [0.15, 0.2) is 24.3 Å². The molecular weight excluding hydrogens is 187 g/mol. The molecule has 0 aliphatic heterocycles. The molecule has 0 unspecified atom stereocenters. The molecule has 0 heterocycles. The Labute approximate surface area is 81.0 Å².